The Kier molecular flexibility index (Phi) is 11.4. The molecule has 12 heavy (non-hydrogen) atoms. The molecule has 0 heterocycles. The van der Waals surface area contributed by atoms with E-state index in [0.29, 0.717) is 0 Å². The molecule has 0 atom stereocenters. The molecule has 0 fully saturated rings. The van der Waals surface area contributed by atoms with Crippen LogP contribution in [0.5, 0.6) is 0 Å². The third-order valence-corrected chi connectivity index (χ3v) is 0.766. The Balaban J connectivity index is -0.000000405. The summed E-state index contributed by atoms with van der Waals surface area (Å²) in [6.45, 7) is 0. The molecule has 0 aliphatic heterocycles. The Bertz CT molecular complexity index is 251. The summed E-state index contributed by atoms with van der Waals surface area (Å²) in [6.07, 6.45) is 0. The van der Waals surface area contributed by atoms with Crippen molar-refractivity contribution in [3.8, 4) is 0 Å². The molecule has 0 rings (SSSR count). The first-order valence-electron chi connectivity index (χ1n) is 1.53. The van der Waals surface area contributed by atoms with E-state index in [0.717, 1.165) is 0 Å². The van der Waals surface area contributed by atoms with Gasteiger partial charge in [0.1, 0.15) is 0 Å². The number of rotatable bonds is 3. The van der Waals surface area contributed by atoms with E-state index in [-0.39, 0.29) is 59.1 Å². The Morgan fingerprint density at radius 1 is 0.750 bits per heavy atom. The number of hydrogen-bond donors (Lipinski definition) is 2. The fourth-order valence-electron chi connectivity index (χ4n) is 0.0702. The van der Waals surface area contributed by atoms with Gasteiger partial charge in [-0.25, -0.2) is 0 Å². The van der Waals surface area contributed by atoms with Crippen LogP contribution in [-0.2, 0) is 29.5 Å². The van der Waals surface area contributed by atoms with Gasteiger partial charge in [-0.2, -0.15) is 16.8 Å². The Hall–Kier alpha value is 1.74. The molecule has 0 saturated carbocycles. The summed E-state index contributed by atoms with van der Waals surface area (Å²) >= 11 is 0. The fourth-order valence-corrected chi connectivity index (χ4v) is 0.632. The molecule has 0 spiro atoms. The van der Waals surface area contributed by atoms with Crippen LogP contribution in [0.15, 0.2) is 0 Å². The van der Waals surface area contributed by atoms with Crippen molar-refractivity contribution in [2.75, 3.05) is 0 Å². The zero-order valence-corrected chi connectivity index (χ0v) is 5.79. The van der Waals surface area contributed by atoms with Crippen molar-refractivity contribution in [1.82, 2.24) is 0 Å². The van der Waals surface area contributed by atoms with Crippen molar-refractivity contribution >= 4 is 79.9 Å². The maximum absolute atomic E-state index is 9.51. The van der Waals surface area contributed by atoms with Crippen molar-refractivity contribution in [3.05, 3.63) is 0 Å². The van der Waals surface area contributed by atoms with Gasteiger partial charge in [-0.15, -0.1) is 0 Å². The van der Waals surface area contributed by atoms with Crippen molar-refractivity contribution in [2.24, 2.45) is 0 Å². The van der Waals surface area contributed by atoms with E-state index in [1.807, 2.05) is 0 Å². The Morgan fingerprint density at radius 2 is 0.917 bits per heavy atom. The average Bonchev–Trinajstić information content (AvgIpc) is 1.57. The summed E-state index contributed by atoms with van der Waals surface area (Å²) in [4.78, 5) is 0. The first kappa shape index (κ1) is 19.3. The summed E-state index contributed by atoms with van der Waals surface area (Å²) in [6, 6.07) is 0. The van der Waals surface area contributed by atoms with E-state index in [2.05, 4.69) is 8.67 Å². The van der Waals surface area contributed by atoms with Gasteiger partial charge in [0.2, 0.25) is 0 Å². The van der Waals surface area contributed by atoms with Crippen LogP contribution in [0.25, 0.3) is 0 Å². The van der Waals surface area contributed by atoms with Gasteiger partial charge in [0.05, 0.1) is 0 Å². The first-order chi connectivity index (χ1) is 4.21. The van der Waals surface area contributed by atoms with E-state index in [1.54, 1.807) is 0 Å². The molecule has 0 aromatic heterocycles. The Morgan fingerprint density at radius 3 is 1.00 bits per heavy atom. The van der Waals surface area contributed by atoms with Crippen LogP contribution in [0.1, 0.15) is 0 Å². The monoisotopic (exact) mass is 242 g/mol. The van der Waals surface area contributed by atoms with Crippen LogP contribution >= 0.6 is 0 Å². The van der Waals surface area contributed by atoms with Crippen LogP contribution in [0.4, 0.5) is 0 Å². The van der Waals surface area contributed by atoms with Gasteiger partial charge in [0, 0.05) is 0 Å². The minimum atomic E-state index is -5.02. The second-order valence-electron chi connectivity index (χ2n) is 0.992. The molecule has 0 radical (unpaired) electrons. The van der Waals surface area contributed by atoms with Gasteiger partial charge in [0.25, 0.3) is 0 Å². The summed E-state index contributed by atoms with van der Waals surface area (Å²) in [5, 5.41) is 0. The van der Waals surface area contributed by atoms with Crippen molar-refractivity contribution in [1.29, 1.82) is 0 Å². The summed E-state index contributed by atoms with van der Waals surface area (Å²) < 4.78 is 58.9. The van der Waals surface area contributed by atoms with Gasteiger partial charge < -0.3 is 0 Å². The molecule has 0 aromatic carbocycles. The second kappa shape index (κ2) is 7.09. The topological polar surface area (TPSA) is 127 Å². The van der Waals surface area contributed by atoms with Crippen molar-refractivity contribution in [2.45, 2.75) is 0 Å². The van der Waals surface area contributed by atoms with Gasteiger partial charge >= 0.3 is 79.9 Å². The van der Waals surface area contributed by atoms with Gasteiger partial charge in [-0.1, -0.05) is 8.67 Å². The number of hydrogen-bond acceptors (Lipinski definition) is 6. The quantitative estimate of drug-likeness (QED) is 0.236. The molecule has 0 aliphatic rings. The third kappa shape index (κ3) is 17.7. The molecule has 66 valence electrons. The second-order valence-corrected chi connectivity index (χ2v) is 2.97. The molecular weight excluding hydrogens is 238 g/mol. The van der Waals surface area contributed by atoms with E-state index in [9.17, 15) is 16.8 Å². The molecule has 0 unspecified atom stereocenters. The molecule has 0 aromatic rings. The maximum atomic E-state index is 9.51. The molecule has 0 bridgehead atoms. The zero-order chi connectivity index (χ0) is 8.41. The van der Waals surface area contributed by atoms with Crippen LogP contribution < -0.4 is 0 Å². The van der Waals surface area contributed by atoms with Crippen LogP contribution in [-0.4, -0.2) is 85.1 Å². The summed E-state index contributed by atoms with van der Waals surface area (Å²) in [5.74, 6) is 0. The van der Waals surface area contributed by atoms with E-state index in [4.69, 9.17) is 9.11 Å². The summed E-state index contributed by atoms with van der Waals surface area (Å²) in [7, 11) is -10.0. The van der Waals surface area contributed by atoms with E-state index in [1.165, 1.54) is 0 Å². The molecule has 0 aliphatic carbocycles. The molecule has 12 heteroatoms. The molecule has 2 N–H and O–H groups in total. The summed E-state index contributed by atoms with van der Waals surface area (Å²) in [5.41, 5.74) is 0. The van der Waals surface area contributed by atoms with E-state index >= 15 is 0 Å². The van der Waals surface area contributed by atoms with Crippen LogP contribution in [0.3, 0.4) is 0 Å². The van der Waals surface area contributed by atoms with Crippen LogP contribution in [0.2, 0.25) is 0 Å². The molecular formula is H4Na2O8S2. The average molecular weight is 242 g/mol. The van der Waals surface area contributed by atoms with Gasteiger partial charge in [0.15, 0.2) is 0 Å². The Labute approximate surface area is 113 Å². The van der Waals surface area contributed by atoms with Crippen molar-refractivity contribution < 1.29 is 34.6 Å². The van der Waals surface area contributed by atoms with Gasteiger partial charge in [-0.3, -0.25) is 9.11 Å². The molecule has 0 amide bonds. The fraction of sp³-hybridized carbons (Fsp3) is 0. The zero-order valence-electron chi connectivity index (χ0n) is 4.16. The normalized spacial score (nSPS) is 11.2. The predicted octanol–water partition coefficient (Wildman–Crippen LogP) is -2.76. The standard InChI is InChI=1S/2Na.H2O8S2.2H/c;;1-9(2,3)7-8-10(4,5)6;;/h;;(H,1,2,3)(H,4,5,6);;. The third-order valence-electron chi connectivity index (χ3n) is 0.200. The first-order valence-corrected chi connectivity index (χ1v) is 4.26. The van der Waals surface area contributed by atoms with Crippen LogP contribution in [0, 0.1) is 0 Å². The minimum absolute atomic E-state index is 0. The molecule has 8 nitrogen and oxygen atoms in total. The predicted molar refractivity (Wildman–Crippen MR) is 39.6 cm³/mol. The SMILES string of the molecule is O=S(=O)(O)OOS(=O)(=O)O.[NaH].[NaH]. The molecule has 0 saturated heterocycles. The van der Waals surface area contributed by atoms with Gasteiger partial charge in [-0.05, 0) is 0 Å². The van der Waals surface area contributed by atoms with E-state index < -0.39 is 20.8 Å². The van der Waals surface area contributed by atoms with Crippen molar-refractivity contribution in [3.63, 3.8) is 0 Å².